The Morgan fingerprint density at radius 1 is 1.07 bits per heavy atom. The highest BCUT2D eigenvalue weighted by atomic mass is 16.6. The average Bonchev–Trinajstić information content (AvgIpc) is 3.10. The Labute approximate surface area is 162 Å². The molecule has 0 saturated carbocycles. The summed E-state index contributed by atoms with van der Waals surface area (Å²) in [7, 11) is 0. The average molecular weight is 373 g/mol. The van der Waals surface area contributed by atoms with Gasteiger partial charge in [0, 0.05) is 38.4 Å². The number of anilines is 1. The lowest BCUT2D eigenvalue weighted by Gasteiger charge is -2.38. The van der Waals surface area contributed by atoms with Gasteiger partial charge in [-0.15, -0.1) is 0 Å². The highest BCUT2D eigenvalue weighted by molar-refractivity contribution is 5.86. The van der Waals surface area contributed by atoms with Crippen molar-refractivity contribution in [3.63, 3.8) is 0 Å². The molecule has 1 atom stereocenters. The first kappa shape index (κ1) is 19.5. The highest BCUT2D eigenvalue weighted by Gasteiger charge is 2.39. The first-order chi connectivity index (χ1) is 12.7. The van der Waals surface area contributed by atoms with E-state index < -0.39 is 5.60 Å². The molecule has 0 radical (unpaired) electrons. The first-order valence-corrected chi connectivity index (χ1v) is 9.84. The Morgan fingerprint density at radius 2 is 1.78 bits per heavy atom. The van der Waals surface area contributed by atoms with Crippen molar-refractivity contribution < 1.29 is 14.3 Å². The summed E-state index contributed by atoms with van der Waals surface area (Å²) in [6, 6.07) is 8.07. The van der Waals surface area contributed by atoms with Crippen LogP contribution in [0.2, 0.25) is 0 Å². The Morgan fingerprint density at radius 3 is 2.41 bits per heavy atom. The molecule has 3 rings (SSSR count). The molecule has 1 unspecified atom stereocenters. The number of amides is 2. The van der Waals surface area contributed by atoms with Gasteiger partial charge in [0.1, 0.15) is 11.6 Å². The van der Waals surface area contributed by atoms with Gasteiger partial charge in [-0.25, -0.2) is 4.79 Å². The van der Waals surface area contributed by atoms with Crippen molar-refractivity contribution in [3.8, 4) is 0 Å². The van der Waals surface area contributed by atoms with Gasteiger partial charge in [0.25, 0.3) is 0 Å². The maximum atomic E-state index is 13.0. The second-order valence-electron chi connectivity index (χ2n) is 8.48. The molecule has 2 heterocycles. The molecule has 27 heavy (non-hydrogen) atoms. The van der Waals surface area contributed by atoms with Crippen LogP contribution in [0.25, 0.3) is 0 Å². The topological polar surface area (TPSA) is 53.1 Å². The molecule has 2 amide bonds. The molecule has 1 aromatic carbocycles. The number of carbonyl (C=O) groups excluding carboxylic acids is 2. The lowest BCUT2D eigenvalue weighted by atomic mass is 10.1. The number of aryl methyl sites for hydroxylation is 1. The molecular formula is C21H31N3O3. The summed E-state index contributed by atoms with van der Waals surface area (Å²) in [5, 5.41) is 0. The largest absolute Gasteiger partial charge is 0.444 e. The lowest BCUT2D eigenvalue weighted by molar-refractivity contribution is -0.136. The zero-order valence-corrected chi connectivity index (χ0v) is 16.9. The fourth-order valence-corrected chi connectivity index (χ4v) is 3.78. The smallest absolute Gasteiger partial charge is 0.410 e. The maximum Gasteiger partial charge on any atom is 0.410 e. The SMILES string of the molecule is Cc1cccc(N2CCN(C(=O)C3CCCN3C(=O)OC(C)(C)C)CC2)c1. The van der Waals surface area contributed by atoms with Crippen molar-refractivity contribution in [1.82, 2.24) is 9.80 Å². The Balaban J connectivity index is 1.59. The number of ether oxygens (including phenoxy) is 1. The zero-order valence-electron chi connectivity index (χ0n) is 16.9. The summed E-state index contributed by atoms with van der Waals surface area (Å²) in [6.07, 6.45) is 1.19. The Hall–Kier alpha value is -2.24. The predicted molar refractivity (Wildman–Crippen MR) is 106 cm³/mol. The summed E-state index contributed by atoms with van der Waals surface area (Å²) in [6.45, 7) is 11.2. The van der Waals surface area contributed by atoms with E-state index in [2.05, 4.69) is 36.1 Å². The molecule has 2 fully saturated rings. The van der Waals surface area contributed by atoms with Gasteiger partial charge in [-0.1, -0.05) is 12.1 Å². The van der Waals surface area contributed by atoms with Crippen LogP contribution in [-0.2, 0) is 9.53 Å². The summed E-state index contributed by atoms with van der Waals surface area (Å²) in [5.74, 6) is 0.0576. The van der Waals surface area contributed by atoms with Gasteiger partial charge in [-0.3, -0.25) is 9.69 Å². The van der Waals surface area contributed by atoms with E-state index in [1.165, 1.54) is 11.3 Å². The number of hydrogen-bond donors (Lipinski definition) is 0. The quantitative estimate of drug-likeness (QED) is 0.800. The molecule has 1 aromatic rings. The summed E-state index contributed by atoms with van der Waals surface area (Å²) < 4.78 is 5.48. The molecule has 2 aliphatic rings. The normalized spacial score (nSPS) is 20.7. The minimum Gasteiger partial charge on any atom is -0.444 e. The van der Waals surface area contributed by atoms with Gasteiger partial charge in [-0.2, -0.15) is 0 Å². The molecule has 148 valence electrons. The van der Waals surface area contributed by atoms with Crippen LogP contribution in [0.5, 0.6) is 0 Å². The molecule has 2 saturated heterocycles. The van der Waals surface area contributed by atoms with Gasteiger partial charge in [0.15, 0.2) is 0 Å². The van der Waals surface area contributed by atoms with Crippen LogP contribution < -0.4 is 4.90 Å². The number of likely N-dealkylation sites (tertiary alicyclic amines) is 1. The maximum absolute atomic E-state index is 13.0. The summed E-state index contributed by atoms with van der Waals surface area (Å²) >= 11 is 0. The van der Waals surface area contributed by atoms with Crippen LogP contribution in [0.1, 0.15) is 39.2 Å². The van der Waals surface area contributed by atoms with Crippen molar-refractivity contribution in [2.45, 2.75) is 52.2 Å². The van der Waals surface area contributed by atoms with E-state index in [0.29, 0.717) is 19.6 Å². The van der Waals surface area contributed by atoms with Crippen molar-refractivity contribution >= 4 is 17.7 Å². The standard InChI is InChI=1S/C21H31N3O3/c1-16-7-5-8-17(15-16)22-11-13-23(14-12-22)19(25)18-9-6-10-24(18)20(26)27-21(2,3)4/h5,7-8,15,18H,6,9-14H2,1-4H3. The zero-order chi connectivity index (χ0) is 19.6. The number of nitrogens with zero attached hydrogens (tertiary/aromatic N) is 3. The minimum absolute atomic E-state index is 0.0576. The third kappa shape index (κ3) is 4.73. The fourth-order valence-electron chi connectivity index (χ4n) is 3.78. The van der Waals surface area contributed by atoms with E-state index in [1.807, 2.05) is 25.7 Å². The molecular weight excluding hydrogens is 342 g/mol. The fraction of sp³-hybridized carbons (Fsp3) is 0.619. The number of rotatable bonds is 2. The third-order valence-corrected chi connectivity index (χ3v) is 5.12. The molecule has 0 bridgehead atoms. The second kappa shape index (κ2) is 7.79. The number of hydrogen-bond acceptors (Lipinski definition) is 4. The van der Waals surface area contributed by atoms with Gasteiger partial charge >= 0.3 is 6.09 Å². The monoisotopic (exact) mass is 373 g/mol. The van der Waals surface area contributed by atoms with Gasteiger partial charge in [0.05, 0.1) is 0 Å². The second-order valence-corrected chi connectivity index (χ2v) is 8.48. The van der Waals surface area contributed by atoms with E-state index >= 15 is 0 Å². The van der Waals surface area contributed by atoms with Crippen LogP contribution in [0.15, 0.2) is 24.3 Å². The van der Waals surface area contributed by atoms with Crippen molar-refractivity contribution in [3.05, 3.63) is 29.8 Å². The van der Waals surface area contributed by atoms with Crippen molar-refractivity contribution in [1.29, 1.82) is 0 Å². The molecule has 0 aromatic heterocycles. The molecule has 6 heteroatoms. The Bertz CT molecular complexity index is 690. The molecule has 0 aliphatic carbocycles. The molecule has 6 nitrogen and oxygen atoms in total. The predicted octanol–water partition coefficient (Wildman–Crippen LogP) is 3.04. The molecule has 0 N–H and O–H groups in total. The van der Waals surface area contributed by atoms with Gasteiger partial charge in [0.2, 0.25) is 5.91 Å². The van der Waals surface area contributed by atoms with Crippen LogP contribution in [0.3, 0.4) is 0 Å². The lowest BCUT2D eigenvalue weighted by Crippen LogP contribution is -2.54. The van der Waals surface area contributed by atoms with Gasteiger partial charge < -0.3 is 14.5 Å². The van der Waals surface area contributed by atoms with E-state index in [0.717, 1.165) is 25.9 Å². The molecule has 2 aliphatic heterocycles. The van der Waals surface area contributed by atoms with Crippen molar-refractivity contribution in [2.75, 3.05) is 37.6 Å². The van der Waals surface area contributed by atoms with Crippen molar-refractivity contribution in [2.24, 2.45) is 0 Å². The van der Waals surface area contributed by atoms with Crippen LogP contribution >= 0.6 is 0 Å². The van der Waals surface area contributed by atoms with E-state index in [-0.39, 0.29) is 18.0 Å². The Kier molecular flexibility index (Phi) is 5.63. The van der Waals surface area contributed by atoms with E-state index in [4.69, 9.17) is 4.74 Å². The highest BCUT2D eigenvalue weighted by Crippen LogP contribution is 2.24. The van der Waals surface area contributed by atoms with Gasteiger partial charge in [-0.05, 0) is 58.2 Å². The van der Waals surface area contributed by atoms with E-state index in [1.54, 1.807) is 4.90 Å². The first-order valence-electron chi connectivity index (χ1n) is 9.84. The van der Waals surface area contributed by atoms with Crippen LogP contribution in [0.4, 0.5) is 10.5 Å². The number of carbonyl (C=O) groups is 2. The number of piperazine rings is 1. The summed E-state index contributed by atoms with van der Waals surface area (Å²) in [5.41, 5.74) is 1.90. The minimum atomic E-state index is -0.549. The summed E-state index contributed by atoms with van der Waals surface area (Å²) in [4.78, 5) is 31.3. The third-order valence-electron chi connectivity index (χ3n) is 5.12. The number of benzene rings is 1. The van der Waals surface area contributed by atoms with Crippen LogP contribution in [0, 0.1) is 6.92 Å². The van der Waals surface area contributed by atoms with Crippen LogP contribution in [-0.4, -0.2) is 66.2 Å². The molecule has 0 spiro atoms. The van der Waals surface area contributed by atoms with E-state index in [9.17, 15) is 9.59 Å².